The molecule has 0 aliphatic carbocycles. The molecular weight excluding hydrogens is 270 g/mol. The minimum Gasteiger partial charge on any atom is -0.480 e. The number of nitrogens with zero attached hydrogens (tertiary/aromatic N) is 1. The first-order chi connectivity index (χ1) is 7.43. The molecular formula is C12H16BrNO2. The van der Waals surface area contributed by atoms with Gasteiger partial charge in [-0.15, -0.1) is 0 Å². The molecule has 0 fully saturated rings. The molecule has 0 amide bonds. The first-order valence-electron chi connectivity index (χ1n) is 5.10. The molecule has 1 unspecified atom stereocenters. The molecule has 0 aliphatic heterocycles. The average Bonchev–Trinajstić information content (AvgIpc) is 2.23. The molecule has 0 heterocycles. The quantitative estimate of drug-likeness (QED) is 0.925. The predicted molar refractivity (Wildman–Crippen MR) is 67.4 cm³/mol. The number of aliphatic carboxylic acids is 1. The summed E-state index contributed by atoms with van der Waals surface area (Å²) in [5.41, 5.74) is 2.30. The van der Waals surface area contributed by atoms with E-state index in [0.29, 0.717) is 6.54 Å². The van der Waals surface area contributed by atoms with Gasteiger partial charge in [0.25, 0.3) is 0 Å². The van der Waals surface area contributed by atoms with E-state index in [1.165, 1.54) is 0 Å². The van der Waals surface area contributed by atoms with Gasteiger partial charge in [-0.3, -0.25) is 9.69 Å². The number of carbonyl (C=O) groups is 1. The summed E-state index contributed by atoms with van der Waals surface area (Å²) < 4.78 is 1.06. The summed E-state index contributed by atoms with van der Waals surface area (Å²) in [5, 5.41) is 8.90. The van der Waals surface area contributed by atoms with E-state index in [-0.39, 0.29) is 0 Å². The third-order valence-corrected chi connectivity index (χ3v) is 3.68. The van der Waals surface area contributed by atoms with Crippen LogP contribution in [-0.2, 0) is 11.3 Å². The predicted octanol–water partition coefficient (Wildman–Crippen LogP) is 2.66. The van der Waals surface area contributed by atoms with Crippen molar-refractivity contribution >= 4 is 21.9 Å². The Balaban J connectivity index is 2.81. The Hall–Kier alpha value is -0.870. The number of halogens is 1. The Morgan fingerprint density at radius 3 is 2.75 bits per heavy atom. The summed E-state index contributed by atoms with van der Waals surface area (Å²) in [4.78, 5) is 12.6. The number of hydrogen-bond acceptors (Lipinski definition) is 2. The lowest BCUT2D eigenvalue weighted by atomic mass is 10.1. The second-order valence-electron chi connectivity index (χ2n) is 3.95. The minimum absolute atomic E-state index is 0.474. The van der Waals surface area contributed by atoms with Crippen molar-refractivity contribution in [2.75, 3.05) is 7.05 Å². The molecule has 3 nitrogen and oxygen atoms in total. The average molecular weight is 286 g/mol. The fraction of sp³-hybridized carbons (Fsp3) is 0.417. The van der Waals surface area contributed by atoms with E-state index in [1.54, 1.807) is 6.92 Å². The molecule has 0 radical (unpaired) electrons. The van der Waals surface area contributed by atoms with Gasteiger partial charge in [0.05, 0.1) is 0 Å². The van der Waals surface area contributed by atoms with E-state index < -0.39 is 12.0 Å². The normalized spacial score (nSPS) is 12.8. The molecule has 1 N–H and O–H groups in total. The lowest BCUT2D eigenvalue weighted by Crippen LogP contribution is -2.35. The highest BCUT2D eigenvalue weighted by Gasteiger charge is 2.17. The van der Waals surface area contributed by atoms with Crippen LogP contribution in [0.2, 0.25) is 0 Å². The zero-order chi connectivity index (χ0) is 12.3. The van der Waals surface area contributed by atoms with E-state index in [1.807, 2.05) is 37.1 Å². The molecule has 0 aromatic heterocycles. The SMILES string of the molecule is Cc1c(Br)cccc1CN(C)C(C)C(=O)O. The van der Waals surface area contributed by atoms with Gasteiger partial charge in [0, 0.05) is 11.0 Å². The zero-order valence-electron chi connectivity index (χ0n) is 9.70. The minimum atomic E-state index is -0.796. The van der Waals surface area contributed by atoms with Gasteiger partial charge in [-0.25, -0.2) is 0 Å². The number of carboxylic acid groups (broad SMARTS) is 1. The molecule has 0 aliphatic rings. The maximum atomic E-state index is 10.8. The van der Waals surface area contributed by atoms with Gasteiger partial charge in [0.2, 0.25) is 0 Å². The summed E-state index contributed by atoms with van der Waals surface area (Å²) in [6, 6.07) is 5.49. The summed E-state index contributed by atoms with van der Waals surface area (Å²) in [5.74, 6) is -0.796. The fourth-order valence-corrected chi connectivity index (χ4v) is 1.82. The first kappa shape index (κ1) is 13.2. The Labute approximate surface area is 104 Å². The van der Waals surface area contributed by atoms with Crippen LogP contribution in [0, 0.1) is 6.92 Å². The van der Waals surface area contributed by atoms with Crippen molar-refractivity contribution in [3.8, 4) is 0 Å². The molecule has 1 atom stereocenters. The van der Waals surface area contributed by atoms with Gasteiger partial charge in [0.1, 0.15) is 6.04 Å². The van der Waals surface area contributed by atoms with Crippen LogP contribution in [0.4, 0.5) is 0 Å². The van der Waals surface area contributed by atoms with Gasteiger partial charge >= 0.3 is 5.97 Å². The lowest BCUT2D eigenvalue weighted by molar-refractivity contribution is -0.142. The van der Waals surface area contributed by atoms with Crippen molar-refractivity contribution in [3.05, 3.63) is 33.8 Å². The summed E-state index contributed by atoms with van der Waals surface area (Å²) in [7, 11) is 1.82. The number of likely N-dealkylation sites (N-methyl/N-ethyl adjacent to an activating group) is 1. The summed E-state index contributed by atoms with van der Waals surface area (Å²) in [6.45, 7) is 4.35. The molecule has 1 aromatic carbocycles. The van der Waals surface area contributed by atoms with Crippen molar-refractivity contribution < 1.29 is 9.90 Å². The second-order valence-corrected chi connectivity index (χ2v) is 4.81. The maximum absolute atomic E-state index is 10.8. The zero-order valence-corrected chi connectivity index (χ0v) is 11.3. The number of carboxylic acids is 1. The standard InChI is InChI=1S/C12H16BrNO2/c1-8-10(5-4-6-11(8)13)7-14(3)9(2)12(15)16/h4-6,9H,7H2,1-3H3,(H,15,16). The largest absolute Gasteiger partial charge is 0.480 e. The molecule has 1 rings (SSSR count). The molecule has 4 heteroatoms. The lowest BCUT2D eigenvalue weighted by Gasteiger charge is -2.22. The maximum Gasteiger partial charge on any atom is 0.320 e. The molecule has 0 saturated heterocycles. The van der Waals surface area contributed by atoms with Gasteiger partial charge in [-0.2, -0.15) is 0 Å². The van der Waals surface area contributed by atoms with Crippen LogP contribution in [0.25, 0.3) is 0 Å². The molecule has 1 aromatic rings. The van der Waals surface area contributed by atoms with Gasteiger partial charge < -0.3 is 5.11 Å². The molecule has 0 bridgehead atoms. The molecule has 16 heavy (non-hydrogen) atoms. The Kier molecular flexibility index (Phi) is 4.50. The third kappa shape index (κ3) is 3.06. The number of rotatable bonds is 4. The van der Waals surface area contributed by atoms with Crippen LogP contribution in [-0.4, -0.2) is 29.1 Å². The van der Waals surface area contributed by atoms with Crippen LogP contribution < -0.4 is 0 Å². The van der Waals surface area contributed by atoms with Crippen LogP contribution in [0.15, 0.2) is 22.7 Å². The van der Waals surface area contributed by atoms with Gasteiger partial charge in [-0.1, -0.05) is 28.1 Å². The smallest absolute Gasteiger partial charge is 0.320 e. The van der Waals surface area contributed by atoms with Crippen LogP contribution in [0.1, 0.15) is 18.1 Å². The summed E-state index contributed by atoms with van der Waals surface area (Å²) in [6.07, 6.45) is 0. The highest BCUT2D eigenvalue weighted by molar-refractivity contribution is 9.10. The van der Waals surface area contributed by atoms with Crippen LogP contribution in [0.3, 0.4) is 0 Å². The van der Waals surface area contributed by atoms with Gasteiger partial charge in [0.15, 0.2) is 0 Å². The number of benzene rings is 1. The van der Waals surface area contributed by atoms with Crippen LogP contribution >= 0.6 is 15.9 Å². The third-order valence-electron chi connectivity index (χ3n) is 2.82. The van der Waals surface area contributed by atoms with E-state index in [4.69, 9.17) is 5.11 Å². The van der Waals surface area contributed by atoms with Crippen molar-refractivity contribution in [1.29, 1.82) is 0 Å². The Bertz CT molecular complexity index is 393. The van der Waals surface area contributed by atoms with Crippen LogP contribution in [0.5, 0.6) is 0 Å². The monoisotopic (exact) mass is 285 g/mol. The van der Waals surface area contributed by atoms with Crippen molar-refractivity contribution in [2.45, 2.75) is 26.4 Å². The van der Waals surface area contributed by atoms with Crippen molar-refractivity contribution in [2.24, 2.45) is 0 Å². The van der Waals surface area contributed by atoms with E-state index >= 15 is 0 Å². The fourth-order valence-electron chi connectivity index (χ4n) is 1.42. The highest BCUT2D eigenvalue weighted by atomic mass is 79.9. The highest BCUT2D eigenvalue weighted by Crippen LogP contribution is 2.20. The van der Waals surface area contributed by atoms with E-state index in [2.05, 4.69) is 15.9 Å². The van der Waals surface area contributed by atoms with Crippen molar-refractivity contribution in [1.82, 2.24) is 4.90 Å². The second kappa shape index (κ2) is 5.46. The van der Waals surface area contributed by atoms with Gasteiger partial charge in [-0.05, 0) is 38.1 Å². The number of hydrogen-bond donors (Lipinski definition) is 1. The Morgan fingerprint density at radius 1 is 1.56 bits per heavy atom. The molecule has 0 spiro atoms. The Morgan fingerprint density at radius 2 is 2.19 bits per heavy atom. The molecule has 88 valence electrons. The topological polar surface area (TPSA) is 40.5 Å². The first-order valence-corrected chi connectivity index (χ1v) is 5.89. The van der Waals surface area contributed by atoms with Crippen molar-refractivity contribution in [3.63, 3.8) is 0 Å². The molecule has 0 saturated carbocycles. The summed E-state index contributed by atoms with van der Waals surface area (Å²) >= 11 is 3.47. The van der Waals surface area contributed by atoms with E-state index in [0.717, 1.165) is 15.6 Å². The van der Waals surface area contributed by atoms with E-state index in [9.17, 15) is 4.79 Å².